The summed E-state index contributed by atoms with van der Waals surface area (Å²) in [7, 11) is -3.13. The first-order chi connectivity index (χ1) is 9.78. The topological polar surface area (TPSA) is 90.0 Å². The van der Waals surface area contributed by atoms with E-state index in [0.29, 0.717) is 24.6 Å². The average Bonchev–Trinajstić information content (AvgIpc) is 2.71. The van der Waals surface area contributed by atoms with Gasteiger partial charge in [0, 0.05) is 24.7 Å². The molecule has 0 spiro atoms. The van der Waals surface area contributed by atoms with Gasteiger partial charge in [-0.15, -0.1) is 0 Å². The molecule has 0 atom stereocenters. The predicted octanol–water partition coefficient (Wildman–Crippen LogP) is 1.68. The Bertz CT molecular complexity index is 735. The average molecular weight is 310 g/mol. The SMILES string of the molecule is CC(C)c1nc2cc(N)ccc2n1CCCNS(C)(=O)=O. The third-order valence-corrected chi connectivity index (χ3v) is 3.97. The van der Waals surface area contributed by atoms with Crippen molar-refractivity contribution < 1.29 is 8.42 Å². The second kappa shape index (κ2) is 6.03. The number of anilines is 1. The van der Waals surface area contributed by atoms with Crippen molar-refractivity contribution in [2.24, 2.45) is 0 Å². The zero-order valence-electron chi connectivity index (χ0n) is 12.6. The number of rotatable bonds is 6. The van der Waals surface area contributed by atoms with E-state index in [-0.39, 0.29) is 0 Å². The second-order valence-corrected chi connectivity index (χ2v) is 7.38. The van der Waals surface area contributed by atoms with E-state index in [4.69, 9.17) is 5.73 Å². The lowest BCUT2D eigenvalue weighted by Gasteiger charge is -2.11. The molecule has 116 valence electrons. The molecule has 6 nitrogen and oxygen atoms in total. The van der Waals surface area contributed by atoms with Gasteiger partial charge >= 0.3 is 0 Å². The fourth-order valence-corrected chi connectivity index (χ4v) is 2.85. The van der Waals surface area contributed by atoms with Crippen LogP contribution in [0.5, 0.6) is 0 Å². The van der Waals surface area contributed by atoms with Crippen LogP contribution in [0.1, 0.15) is 32.0 Å². The maximum Gasteiger partial charge on any atom is 0.208 e. The van der Waals surface area contributed by atoms with Crippen LogP contribution in [0.3, 0.4) is 0 Å². The van der Waals surface area contributed by atoms with Gasteiger partial charge in [-0.05, 0) is 24.6 Å². The van der Waals surface area contributed by atoms with Gasteiger partial charge in [-0.1, -0.05) is 13.8 Å². The van der Waals surface area contributed by atoms with E-state index in [2.05, 4.69) is 28.1 Å². The van der Waals surface area contributed by atoms with E-state index in [1.165, 1.54) is 6.26 Å². The van der Waals surface area contributed by atoms with Crippen LogP contribution in [0, 0.1) is 0 Å². The molecule has 7 heteroatoms. The summed E-state index contributed by atoms with van der Waals surface area (Å²) in [6, 6.07) is 5.69. The van der Waals surface area contributed by atoms with Gasteiger partial charge in [-0.2, -0.15) is 0 Å². The van der Waals surface area contributed by atoms with E-state index >= 15 is 0 Å². The summed E-state index contributed by atoms with van der Waals surface area (Å²) in [6.45, 7) is 5.33. The molecular weight excluding hydrogens is 288 g/mol. The zero-order chi connectivity index (χ0) is 15.6. The van der Waals surface area contributed by atoms with Crippen LogP contribution in [0.2, 0.25) is 0 Å². The highest BCUT2D eigenvalue weighted by atomic mass is 32.2. The highest BCUT2D eigenvalue weighted by Gasteiger charge is 2.13. The maximum atomic E-state index is 11.1. The van der Waals surface area contributed by atoms with Crippen LogP contribution in [-0.4, -0.2) is 30.8 Å². The smallest absolute Gasteiger partial charge is 0.208 e. The van der Waals surface area contributed by atoms with Gasteiger partial charge in [-0.3, -0.25) is 0 Å². The quantitative estimate of drug-likeness (QED) is 0.627. The lowest BCUT2D eigenvalue weighted by atomic mass is 10.2. The minimum Gasteiger partial charge on any atom is -0.399 e. The molecule has 21 heavy (non-hydrogen) atoms. The molecule has 1 aromatic heterocycles. The van der Waals surface area contributed by atoms with Gasteiger partial charge in [-0.25, -0.2) is 18.1 Å². The molecule has 3 N–H and O–H groups in total. The predicted molar refractivity (Wildman–Crippen MR) is 85.7 cm³/mol. The summed E-state index contributed by atoms with van der Waals surface area (Å²) < 4.78 is 26.8. The first kappa shape index (κ1) is 15.8. The number of nitrogens with zero attached hydrogens (tertiary/aromatic N) is 2. The van der Waals surface area contributed by atoms with E-state index in [0.717, 1.165) is 23.4 Å². The fraction of sp³-hybridized carbons (Fsp3) is 0.500. The minimum atomic E-state index is -3.13. The number of aryl methyl sites for hydroxylation is 1. The summed E-state index contributed by atoms with van der Waals surface area (Å²) in [6.07, 6.45) is 1.88. The Labute approximate surface area is 125 Å². The molecule has 0 radical (unpaired) electrons. The number of fused-ring (bicyclic) bond motifs is 1. The molecule has 0 aliphatic rings. The van der Waals surface area contributed by atoms with Crippen molar-refractivity contribution in [1.29, 1.82) is 0 Å². The van der Waals surface area contributed by atoms with E-state index in [1.807, 2.05) is 18.2 Å². The molecule has 1 aromatic carbocycles. The van der Waals surface area contributed by atoms with Crippen molar-refractivity contribution in [3.63, 3.8) is 0 Å². The Balaban J connectivity index is 2.22. The Kier molecular flexibility index (Phi) is 4.53. The maximum absolute atomic E-state index is 11.1. The third-order valence-electron chi connectivity index (χ3n) is 3.24. The number of benzene rings is 1. The van der Waals surface area contributed by atoms with Crippen molar-refractivity contribution in [2.45, 2.75) is 32.7 Å². The van der Waals surface area contributed by atoms with Crippen molar-refractivity contribution in [2.75, 3.05) is 18.5 Å². The van der Waals surface area contributed by atoms with Gasteiger partial charge in [0.15, 0.2) is 0 Å². The Hall–Kier alpha value is -1.60. The van der Waals surface area contributed by atoms with Crippen LogP contribution in [0.15, 0.2) is 18.2 Å². The lowest BCUT2D eigenvalue weighted by Crippen LogP contribution is -2.24. The molecule has 0 aliphatic heterocycles. The minimum absolute atomic E-state index is 0.293. The van der Waals surface area contributed by atoms with Gasteiger partial charge in [0.05, 0.1) is 17.3 Å². The summed E-state index contributed by atoms with van der Waals surface area (Å²) in [5.41, 5.74) is 8.42. The fourth-order valence-electron chi connectivity index (χ4n) is 2.34. The molecule has 0 amide bonds. The Morgan fingerprint density at radius 3 is 2.71 bits per heavy atom. The number of nitrogens with one attached hydrogen (secondary N) is 1. The van der Waals surface area contributed by atoms with Crippen molar-refractivity contribution in [1.82, 2.24) is 14.3 Å². The third kappa shape index (κ3) is 3.95. The van der Waals surface area contributed by atoms with E-state index in [1.54, 1.807) is 0 Å². The largest absolute Gasteiger partial charge is 0.399 e. The molecule has 0 fully saturated rings. The molecule has 2 aromatic rings. The standard InChI is InChI=1S/C14H22N4O2S/c1-10(2)14-17-12-9-11(15)5-6-13(12)18(14)8-4-7-16-21(3,19)20/h5-6,9-10,16H,4,7-8,15H2,1-3H3. The number of hydrogen-bond donors (Lipinski definition) is 2. The normalized spacial score (nSPS) is 12.4. The molecular formula is C14H22N4O2S. The van der Waals surface area contributed by atoms with Crippen molar-refractivity contribution >= 4 is 26.7 Å². The highest BCUT2D eigenvalue weighted by molar-refractivity contribution is 7.88. The lowest BCUT2D eigenvalue weighted by molar-refractivity contribution is 0.568. The molecule has 2 rings (SSSR count). The summed E-state index contributed by atoms with van der Waals surface area (Å²) in [5, 5.41) is 0. The molecule has 0 unspecified atom stereocenters. The van der Waals surface area contributed by atoms with Crippen LogP contribution in [0.4, 0.5) is 5.69 Å². The van der Waals surface area contributed by atoms with E-state index < -0.39 is 10.0 Å². The number of nitrogen functional groups attached to an aromatic ring is 1. The van der Waals surface area contributed by atoms with Gasteiger partial charge in [0.2, 0.25) is 10.0 Å². The summed E-state index contributed by atoms with van der Waals surface area (Å²) >= 11 is 0. The van der Waals surface area contributed by atoms with Crippen molar-refractivity contribution in [3.8, 4) is 0 Å². The van der Waals surface area contributed by atoms with Crippen LogP contribution < -0.4 is 10.5 Å². The summed E-state index contributed by atoms with van der Waals surface area (Å²) in [5.74, 6) is 1.29. The van der Waals surface area contributed by atoms with Gasteiger partial charge in [0.25, 0.3) is 0 Å². The number of imidazole rings is 1. The van der Waals surface area contributed by atoms with Gasteiger partial charge < -0.3 is 10.3 Å². The van der Waals surface area contributed by atoms with Crippen LogP contribution in [-0.2, 0) is 16.6 Å². The Morgan fingerprint density at radius 1 is 1.38 bits per heavy atom. The monoisotopic (exact) mass is 310 g/mol. The second-order valence-electron chi connectivity index (χ2n) is 5.54. The van der Waals surface area contributed by atoms with Crippen molar-refractivity contribution in [3.05, 3.63) is 24.0 Å². The molecule has 0 bridgehead atoms. The molecule has 0 saturated heterocycles. The number of hydrogen-bond acceptors (Lipinski definition) is 4. The number of nitrogens with two attached hydrogens (primary N) is 1. The van der Waals surface area contributed by atoms with Gasteiger partial charge in [0.1, 0.15) is 5.82 Å². The number of sulfonamides is 1. The Morgan fingerprint density at radius 2 is 2.10 bits per heavy atom. The van der Waals surface area contributed by atoms with E-state index in [9.17, 15) is 8.42 Å². The molecule has 0 saturated carbocycles. The molecule has 0 aliphatic carbocycles. The van der Waals surface area contributed by atoms with Crippen LogP contribution >= 0.6 is 0 Å². The molecule has 1 heterocycles. The highest BCUT2D eigenvalue weighted by Crippen LogP contribution is 2.23. The zero-order valence-corrected chi connectivity index (χ0v) is 13.4. The van der Waals surface area contributed by atoms with Crippen LogP contribution in [0.25, 0.3) is 11.0 Å². The first-order valence-electron chi connectivity index (χ1n) is 6.98. The number of aromatic nitrogens is 2. The first-order valence-corrected chi connectivity index (χ1v) is 8.87. The summed E-state index contributed by atoms with van der Waals surface area (Å²) in [4.78, 5) is 4.64.